The zero-order chi connectivity index (χ0) is 38.5. The largest absolute Gasteiger partial charge is 0.397 e. The van der Waals surface area contributed by atoms with E-state index in [0.29, 0.717) is 22.4 Å². The van der Waals surface area contributed by atoms with Gasteiger partial charge in [0.1, 0.15) is 0 Å². The van der Waals surface area contributed by atoms with Crippen LogP contribution in [0.4, 0.5) is 22.7 Å². The van der Waals surface area contributed by atoms with Gasteiger partial charge in [0, 0.05) is 28.5 Å². The van der Waals surface area contributed by atoms with Crippen LogP contribution in [0.1, 0.15) is 105 Å². The minimum absolute atomic E-state index is 0.00588. The van der Waals surface area contributed by atoms with Gasteiger partial charge in [0.25, 0.3) is 0 Å². The van der Waals surface area contributed by atoms with E-state index >= 15 is 0 Å². The first-order chi connectivity index (χ1) is 26.5. The van der Waals surface area contributed by atoms with E-state index < -0.39 is 5.41 Å². The molecule has 0 fully saturated rings. The second kappa shape index (κ2) is 12.6. The Bertz CT molecular complexity index is 2760. The summed E-state index contributed by atoms with van der Waals surface area (Å²) in [4.78, 5) is 16.3. The number of nitrogen functional groups attached to an aromatic ring is 2. The van der Waals surface area contributed by atoms with Gasteiger partial charge in [0.2, 0.25) is 0 Å². The van der Waals surface area contributed by atoms with E-state index in [2.05, 4.69) is 143 Å². The molecule has 4 N–H and O–H groups in total. The van der Waals surface area contributed by atoms with Crippen molar-refractivity contribution in [2.24, 2.45) is 0 Å². The van der Waals surface area contributed by atoms with Crippen LogP contribution in [0.25, 0.3) is 32.9 Å². The van der Waals surface area contributed by atoms with Gasteiger partial charge in [0.05, 0.1) is 33.5 Å². The number of fused-ring (bicyclic) bond motifs is 11. The predicted molar refractivity (Wildman–Crippen MR) is 232 cm³/mol. The average molecular weight is 723 g/mol. The maximum Gasteiger partial charge on any atom is 0.197 e. The molecule has 0 amide bonds. The van der Waals surface area contributed by atoms with Gasteiger partial charge in [0.15, 0.2) is 5.43 Å². The number of hydrogen-bond acceptors (Lipinski definition) is 4. The molecule has 1 aliphatic carbocycles. The molecule has 55 heavy (non-hydrogen) atoms. The predicted octanol–water partition coefficient (Wildman–Crippen LogP) is 11.6. The highest BCUT2D eigenvalue weighted by atomic mass is 16.1. The number of pyridine rings is 1. The van der Waals surface area contributed by atoms with Gasteiger partial charge < -0.3 is 20.9 Å². The normalized spacial score (nSPS) is 16.3. The molecule has 2 unspecified atom stereocenters. The third-order valence-electron chi connectivity index (χ3n) is 12.4. The molecule has 1 spiro atoms. The van der Waals surface area contributed by atoms with E-state index in [4.69, 9.17) is 11.5 Å². The number of nitrogens with two attached hydrogens (primary N) is 2. The van der Waals surface area contributed by atoms with Crippen molar-refractivity contribution in [3.8, 4) is 11.1 Å². The lowest BCUT2D eigenvalue weighted by molar-refractivity contribution is 0.576. The van der Waals surface area contributed by atoms with Crippen LogP contribution in [0.5, 0.6) is 0 Å². The van der Waals surface area contributed by atoms with Crippen molar-refractivity contribution in [2.45, 2.75) is 84.2 Å². The number of aromatic nitrogens is 1. The van der Waals surface area contributed by atoms with Crippen LogP contribution in [-0.2, 0) is 11.8 Å². The van der Waals surface area contributed by atoms with E-state index in [9.17, 15) is 4.79 Å². The van der Waals surface area contributed by atoms with Crippen molar-refractivity contribution in [1.29, 1.82) is 0 Å². The van der Waals surface area contributed by atoms with Crippen LogP contribution >= 0.6 is 0 Å². The molecule has 1 aliphatic heterocycles. The molecule has 2 aliphatic rings. The third-order valence-corrected chi connectivity index (χ3v) is 12.4. The molecule has 5 nitrogen and oxygen atoms in total. The van der Waals surface area contributed by atoms with Crippen LogP contribution < -0.4 is 21.8 Å². The van der Waals surface area contributed by atoms with Crippen LogP contribution in [0.15, 0.2) is 120 Å². The van der Waals surface area contributed by atoms with Gasteiger partial charge in [-0.3, -0.25) is 4.79 Å². The number of rotatable bonds is 6. The Morgan fingerprint density at radius 1 is 0.600 bits per heavy atom. The summed E-state index contributed by atoms with van der Waals surface area (Å²) in [5.74, 6) is 0.526. The van der Waals surface area contributed by atoms with Crippen molar-refractivity contribution in [1.82, 2.24) is 4.57 Å². The summed E-state index contributed by atoms with van der Waals surface area (Å²) in [5.41, 5.74) is 30.4. The van der Waals surface area contributed by atoms with Gasteiger partial charge in [-0.05, 0) is 113 Å². The van der Waals surface area contributed by atoms with Gasteiger partial charge in [-0.2, -0.15) is 0 Å². The fourth-order valence-electron chi connectivity index (χ4n) is 10.1. The SMILES string of the molecule is CC(C)c1ccc2c(c1N)N(C(C)C)c1ccccc1C21c2ccccc2-c2cc(CC(C)n3c4ccccc4c(=O)c4ccc(C(C)C)c(N)c43)ccc21. The Labute approximate surface area is 324 Å². The summed E-state index contributed by atoms with van der Waals surface area (Å²) in [6.07, 6.45) is 0.759. The summed E-state index contributed by atoms with van der Waals surface area (Å²) in [7, 11) is 0. The number of anilines is 4. The number of para-hydroxylation sites is 2. The summed E-state index contributed by atoms with van der Waals surface area (Å²) < 4.78 is 2.32. The molecule has 0 bridgehead atoms. The molecule has 9 rings (SSSR count). The minimum Gasteiger partial charge on any atom is -0.397 e. The highest BCUT2D eigenvalue weighted by Gasteiger charge is 2.52. The summed E-state index contributed by atoms with van der Waals surface area (Å²) in [6, 6.07) is 41.8. The van der Waals surface area contributed by atoms with E-state index in [-0.39, 0.29) is 23.4 Å². The van der Waals surface area contributed by atoms with Crippen LogP contribution in [-0.4, -0.2) is 10.6 Å². The van der Waals surface area contributed by atoms with Gasteiger partial charge in [-0.15, -0.1) is 0 Å². The fraction of sp³-hybridized carbons (Fsp3) is 0.260. The first-order valence-electron chi connectivity index (χ1n) is 19.9. The summed E-state index contributed by atoms with van der Waals surface area (Å²) >= 11 is 0. The Kier molecular flexibility index (Phi) is 8.02. The summed E-state index contributed by atoms with van der Waals surface area (Å²) in [5, 5.41) is 1.38. The first-order valence-corrected chi connectivity index (χ1v) is 19.9. The van der Waals surface area contributed by atoms with Gasteiger partial charge in [-0.1, -0.05) is 119 Å². The maximum atomic E-state index is 13.9. The minimum atomic E-state index is -0.538. The molecule has 0 radical (unpaired) electrons. The van der Waals surface area contributed by atoms with Gasteiger partial charge >= 0.3 is 0 Å². The van der Waals surface area contributed by atoms with E-state index in [0.717, 1.165) is 34.4 Å². The fourth-order valence-corrected chi connectivity index (χ4v) is 10.1. The molecule has 276 valence electrons. The van der Waals surface area contributed by atoms with Crippen molar-refractivity contribution in [2.75, 3.05) is 16.4 Å². The van der Waals surface area contributed by atoms with Crippen LogP contribution in [0.2, 0.25) is 0 Å². The molecule has 2 atom stereocenters. The lowest BCUT2D eigenvalue weighted by Crippen LogP contribution is -2.40. The van der Waals surface area contributed by atoms with Crippen molar-refractivity contribution < 1.29 is 0 Å². The smallest absolute Gasteiger partial charge is 0.197 e. The molecular formula is C50H50N4O. The van der Waals surface area contributed by atoms with Crippen molar-refractivity contribution in [3.63, 3.8) is 0 Å². The molecule has 5 heteroatoms. The second-order valence-electron chi connectivity index (χ2n) is 16.7. The van der Waals surface area contributed by atoms with Crippen molar-refractivity contribution in [3.05, 3.63) is 164 Å². The van der Waals surface area contributed by atoms with Crippen LogP contribution in [0.3, 0.4) is 0 Å². The Morgan fingerprint density at radius 2 is 1.22 bits per heavy atom. The molecule has 6 aromatic carbocycles. The number of hydrogen-bond donors (Lipinski definition) is 2. The summed E-state index contributed by atoms with van der Waals surface area (Å²) in [6.45, 7) is 15.5. The zero-order valence-electron chi connectivity index (χ0n) is 32.9. The molecule has 7 aromatic rings. The Hall–Kier alpha value is -5.81. The maximum absolute atomic E-state index is 13.9. The highest BCUT2D eigenvalue weighted by Crippen LogP contribution is 2.64. The standard InChI is InChI=1S/C50H50N4O/c1-28(2)33-21-22-37-47(45(33)51)54(43-18-12-9-15-36(43)49(37)55)31(7)26-32-20-24-40-38(27-32)35-14-8-10-16-39(35)50(40)41-17-11-13-19-44(41)53(30(5)6)48-42(50)25-23-34(29(3)4)46(48)52/h8-25,27-31H,26,51-52H2,1-7H3. The first kappa shape index (κ1) is 34.9. The van der Waals surface area contributed by atoms with Crippen LogP contribution in [0, 0.1) is 0 Å². The monoisotopic (exact) mass is 722 g/mol. The second-order valence-corrected chi connectivity index (χ2v) is 16.7. The van der Waals surface area contributed by atoms with E-state index in [1.54, 1.807) is 0 Å². The molecule has 0 saturated heterocycles. The van der Waals surface area contributed by atoms with E-state index in [1.807, 2.05) is 30.3 Å². The quantitative estimate of drug-likeness (QED) is 0.132. The average Bonchev–Trinajstić information content (AvgIpc) is 3.45. The van der Waals surface area contributed by atoms with E-state index in [1.165, 1.54) is 50.2 Å². The lowest BCUT2D eigenvalue weighted by Gasteiger charge is -2.47. The lowest BCUT2D eigenvalue weighted by atomic mass is 9.64. The third kappa shape index (κ3) is 4.81. The van der Waals surface area contributed by atoms with Gasteiger partial charge in [-0.25, -0.2) is 0 Å². The molecule has 1 aromatic heterocycles. The topological polar surface area (TPSA) is 77.3 Å². The highest BCUT2D eigenvalue weighted by molar-refractivity contribution is 6.00. The Balaban J connectivity index is 1.26. The number of benzene rings is 6. The molecule has 2 heterocycles. The zero-order valence-corrected chi connectivity index (χ0v) is 32.9. The number of nitrogens with zero attached hydrogens (tertiary/aromatic N) is 2. The molecule has 0 saturated carbocycles. The molecular weight excluding hydrogens is 673 g/mol. The van der Waals surface area contributed by atoms with Crippen molar-refractivity contribution >= 4 is 44.6 Å². The Morgan fingerprint density at radius 3 is 1.96 bits per heavy atom.